The van der Waals surface area contributed by atoms with Crippen LogP contribution in [0, 0.1) is 6.92 Å². The van der Waals surface area contributed by atoms with Gasteiger partial charge in [0.15, 0.2) is 4.21 Å². The van der Waals surface area contributed by atoms with Crippen LogP contribution >= 0.6 is 27.3 Å². The van der Waals surface area contributed by atoms with E-state index in [0.717, 1.165) is 17.8 Å². The van der Waals surface area contributed by atoms with Gasteiger partial charge in [-0.15, -0.1) is 11.3 Å². The fourth-order valence-corrected chi connectivity index (χ4v) is 5.06. The van der Waals surface area contributed by atoms with Crippen LogP contribution in [-0.4, -0.2) is 35.6 Å². The summed E-state index contributed by atoms with van der Waals surface area (Å²) in [6.07, 6.45) is 3.41. The summed E-state index contributed by atoms with van der Waals surface area (Å²) in [5.74, 6) is 0. The van der Waals surface area contributed by atoms with Crippen LogP contribution in [0.1, 0.15) is 17.8 Å². The minimum atomic E-state index is -3.32. The average molecular weight is 325 g/mol. The number of rotatable bonds is 5. The van der Waals surface area contributed by atoms with E-state index in [1.807, 2.05) is 6.92 Å². The minimum Gasteiger partial charge on any atom is -0.249 e. The third kappa shape index (κ3) is 2.47. The number of halogens is 1. The molecule has 1 aliphatic carbocycles. The first-order chi connectivity index (χ1) is 7.55. The van der Waals surface area contributed by atoms with Crippen LogP contribution in [-0.2, 0) is 10.0 Å². The van der Waals surface area contributed by atoms with Crippen molar-refractivity contribution in [2.75, 3.05) is 11.9 Å². The van der Waals surface area contributed by atoms with Crippen molar-refractivity contribution in [2.45, 2.75) is 30.0 Å². The van der Waals surface area contributed by atoms with Crippen molar-refractivity contribution >= 4 is 37.3 Å². The quantitative estimate of drug-likeness (QED) is 0.778. The van der Waals surface area contributed by atoms with Gasteiger partial charge in [-0.25, -0.2) is 13.4 Å². The maximum atomic E-state index is 12.3. The van der Waals surface area contributed by atoms with E-state index in [-0.39, 0.29) is 6.04 Å². The predicted octanol–water partition coefficient (Wildman–Crippen LogP) is 2.00. The first-order valence-corrected chi connectivity index (χ1v) is 8.43. The normalized spacial score (nSPS) is 16.9. The van der Waals surface area contributed by atoms with Crippen LogP contribution in [0.2, 0.25) is 0 Å². The van der Waals surface area contributed by atoms with Gasteiger partial charge in [-0.2, -0.15) is 4.31 Å². The molecule has 1 heterocycles. The number of aryl methyl sites for hydroxylation is 1. The van der Waals surface area contributed by atoms with Gasteiger partial charge in [0.1, 0.15) is 0 Å². The Labute approximate surface area is 108 Å². The highest BCUT2D eigenvalue weighted by Gasteiger charge is 2.38. The van der Waals surface area contributed by atoms with Crippen LogP contribution in [0.3, 0.4) is 0 Å². The van der Waals surface area contributed by atoms with E-state index in [9.17, 15) is 8.42 Å². The molecule has 0 aromatic carbocycles. The van der Waals surface area contributed by atoms with Crippen LogP contribution in [0.5, 0.6) is 0 Å². The highest BCUT2D eigenvalue weighted by Crippen LogP contribution is 2.33. The van der Waals surface area contributed by atoms with E-state index in [4.69, 9.17) is 0 Å². The molecule has 7 heteroatoms. The van der Waals surface area contributed by atoms with Gasteiger partial charge in [0.25, 0.3) is 10.0 Å². The van der Waals surface area contributed by atoms with E-state index in [1.165, 1.54) is 17.5 Å². The van der Waals surface area contributed by atoms with Crippen LogP contribution in [0.4, 0.5) is 0 Å². The lowest BCUT2D eigenvalue weighted by Gasteiger charge is -2.19. The van der Waals surface area contributed by atoms with E-state index in [2.05, 4.69) is 20.9 Å². The third-order valence-electron chi connectivity index (χ3n) is 2.42. The number of thiazole rings is 1. The number of alkyl halides is 1. The van der Waals surface area contributed by atoms with Gasteiger partial charge < -0.3 is 0 Å². The topological polar surface area (TPSA) is 50.3 Å². The van der Waals surface area contributed by atoms with Gasteiger partial charge >= 0.3 is 0 Å². The average Bonchev–Trinajstić information content (AvgIpc) is 2.96. The molecule has 1 aromatic heterocycles. The Morgan fingerprint density at radius 1 is 1.62 bits per heavy atom. The highest BCUT2D eigenvalue weighted by atomic mass is 79.9. The second-order valence-electron chi connectivity index (χ2n) is 3.73. The van der Waals surface area contributed by atoms with Gasteiger partial charge in [-0.1, -0.05) is 15.9 Å². The number of sulfonamides is 1. The Hall–Kier alpha value is 0.0200. The van der Waals surface area contributed by atoms with Crippen molar-refractivity contribution in [3.63, 3.8) is 0 Å². The molecule has 1 aromatic rings. The highest BCUT2D eigenvalue weighted by molar-refractivity contribution is 9.09. The lowest BCUT2D eigenvalue weighted by Crippen LogP contribution is -2.34. The zero-order chi connectivity index (χ0) is 11.8. The molecule has 0 unspecified atom stereocenters. The van der Waals surface area contributed by atoms with Crippen LogP contribution < -0.4 is 0 Å². The predicted molar refractivity (Wildman–Crippen MR) is 67.6 cm³/mol. The molecule has 1 saturated carbocycles. The van der Waals surface area contributed by atoms with Gasteiger partial charge in [0.2, 0.25) is 0 Å². The molecule has 90 valence electrons. The van der Waals surface area contributed by atoms with Crippen molar-refractivity contribution in [2.24, 2.45) is 0 Å². The maximum absolute atomic E-state index is 12.3. The smallest absolute Gasteiger partial charge is 0.249 e. The Kier molecular flexibility index (Phi) is 3.68. The van der Waals surface area contributed by atoms with E-state index in [0.29, 0.717) is 16.1 Å². The standard InChI is InChI=1S/C9H13BrN2O2S2/c1-7-11-6-9(15-7)16(13,14)12(5-4-10)8-2-3-8/h6,8H,2-5H2,1H3. The fraction of sp³-hybridized carbons (Fsp3) is 0.667. The van der Waals surface area contributed by atoms with Crippen molar-refractivity contribution in [3.05, 3.63) is 11.2 Å². The van der Waals surface area contributed by atoms with Crippen LogP contribution in [0.25, 0.3) is 0 Å². The second kappa shape index (κ2) is 4.72. The first-order valence-electron chi connectivity index (χ1n) is 5.06. The van der Waals surface area contributed by atoms with Gasteiger partial charge in [0.05, 0.1) is 11.2 Å². The zero-order valence-electron chi connectivity index (χ0n) is 8.89. The molecular weight excluding hydrogens is 312 g/mol. The number of hydrogen-bond acceptors (Lipinski definition) is 4. The molecule has 0 amide bonds. The molecule has 0 spiro atoms. The third-order valence-corrected chi connectivity index (χ3v) is 6.08. The molecule has 4 nitrogen and oxygen atoms in total. The van der Waals surface area contributed by atoms with Crippen molar-refractivity contribution in [1.82, 2.24) is 9.29 Å². The number of nitrogens with zero attached hydrogens (tertiary/aromatic N) is 2. The maximum Gasteiger partial charge on any atom is 0.254 e. The summed E-state index contributed by atoms with van der Waals surface area (Å²) in [5, 5.41) is 1.45. The summed E-state index contributed by atoms with van der Waals surface area (Å²) in [5.41, 5.74) is 0. The Balaban J connectivity index is 2.28. The molecule has 0 N–H and O–H groups in total. The van der Waals surface area contributed by atoms with Gasteiger partial charge in [-0.3, -0.25) is 0 Å². The van der Waals surface area contributed by atoms with Crippen LogP contribution in [0.15, 0.2) is 10.4 Å². The molecule has 2 rings (SSSR count). The summed E-state index contributed by atoms with van der Waals surface area (Å²) in [6, 6.07) is 0.199. The minimum absolute atomic E-state index is 0.199. The van der Waals surface area contributed by atoms with Gasteiger partial charge in [0, 0.05) is 17.9 Å². The molecule has 1 fully saturated rings. The molecule has 0 bridgehead atoms. The number of hydrogen-bond donors (Lipinski definition) is 0. The molecule has 0 saturated heterocycles. The Bertz CT molecular complexity index is 468. The lowest BCUT2D eigenvalue weighted by molar-refractivity contribution is 0.425. The summed E-state index contributed by atoms with van der Waals surface area (Å²) in [7, 11) is -3.32. The van der Waals surface area contributed by atoms with Crippen molar-refractivity contribution in [1.29, 1.82) is 0 Å². The van der Waals surface area contributed by atoms with Gasteiger partial charge in [-0.05, 0) is 19.8 Å². The molecular formula is C9H13BrN2O2S2. The summed E-state index contributed by atoms with van der Waals surface area (Å²) < 4.78 is 26.5. The summed E-state index contributed by atoms with van der Waals surface area (Å²) >= 11 is 4.54. The molecule has 0 radical (unpaired) electrons. The zero-order valence-corrected chi connectivity index (χ0v) is 12.1. The van der Waals surface area contributed by atoms with E-state index in [1.54, 1.807) is 4.31 Å². The first kappa shape index (κ1) is 12.5. The van der Waals surface area contributed by atoms with E-state index < -0.39 is 10.0 Å². The SMILES string of the molecule is Cc1ncc(S(=O)(=O)N(CCBr)C2CC2)s1. The monoisotopic (exact) mass is 324 g/mol. The second-order valence-corrected chi connectivity index (χ2v) is 7.88. The molecule has 0 aliphatic heterocycles. The Morgan fingerprint density at radius 2 is 2.31 bits per heavy atom. The molecule has 16 heavy (non-hydrogen) atoms. The largest absolute Gasteiger partial charge is 0.254 e. The lowest BCUT2D eigenvalue weighted by atomic mass is 10.6. The summed E-state index contributed by atoms with van der Waals surface area (Å²) in [4.78, 5) is 4.01. The Morgan fingerprint density at radius 3 is 2.75 bits per heavy atom. The summed E-state index contributed by atoms with van der Waals surface area (Å²) in [6.45, 7) is 2.35. The number of aromatic nitrogens is 1. The molecule has 0 atom stereocenters. The van der Waals surface area contributed by atoms with Crippen molar-refractivity contribution in [3.8, 4) is 0 Å². The van der Waals surface area contributed by atoms with E-state index >= 15 is 0 Å². The molecule has 1 aliphatic rings. The fourth-order valence-electron chi connectivity index (χ4n) is 1.52. The van der Waals surface area contributed by atoms with Crippen molar-refractivity contribution < 1.29 is 8.42 Å².